The Morgan fingerprint density at radius 1 is 1.06 bits per heavy atom. The summed E-state index contributed by atoms with van der Waals surface area (Å²) in [4.78, 5) is 18.8. The molecule has 1 aliphatic rings. The summed E-state index contributed by atoms with van der Waals surface area (Å²) in [5.74, 6) is 0.610. The van der Waals surface area contributed by atoms with Gasteiger partial charge in [0.2, 0.25) is 0 Å². The highest BCUT2D eigenvalue weighted by Gasteiger charge is 2.18. The molecule has 3 heterocycles. The molecule has 6 heteroatoms. The summed E-state index contributed by atoms with van der Waals surface area (Å²) in [6.07, 6.45) is 4.32. The molecule has 1 saturated heterocycles. The minimum atomic E-state index is 0.0761. The van der Waals surface area contributed by atoms with Crippen LogP contribution in [0.25, 0.3) is 33.4 Å². The van der Waals surface area contributed by atoms with Gasteiger partial charge in [-0.3, -0.25) is 4.79 Å². The fourth-order valence-corrected chi connectivity index (χ4v) is 4.04. The summed E-state index contributed by atoms with van der Waals surface area (Å²) in [5, 5.41) is 10.7. The number of hydrogen-bond donors (Lipinski definition) is 1. The number of carbonyl (C=O) groups is 1. The van der Waals surface area contributed by atoms with E-state index in [2.05, 4.69) is 16.0 Å². The first kappa shape index (κ1) is 20.0. The number of benzene rings is 2. The molecular formula is C26H21N3O3. The van der Waals surface area contributed by atoms with E-state index in [-0.39, 0.29) is 6.10 Å². The van der Waals surface area contributed by atoms with Gasteiger partial charge in [0.05, 0.1) is 18.8 Å². The predicted octanol–water partition coefficient (Wildman–Crippen LogP) is 5.14. The van der Waals surface area contributed by atoms with Gasteiger partial charge in [-0.15, -0.1) is 0 Å². The van der Waals surface area contributed by atoms with Crippen LogP contribution in [0.15, 0.2) is 60.8 Å². The van der Waals surface area contributed by atoms with Gasteiger partial charge < -0.3 is 14.5 Å². The normalized spacial score (nSPS) is 14.2. The number of hydrogen-bond acceptors (Lipinski definition) is 5. The number of nitrogens with one attached hydrogen (secondary N) is 1. The lowest BCUT2D eigenvalue weighted by molar-refractivity contribution is 0.0254. The number of fused-ring (bicyclic) bond motifs is 1. The molecule has 6 nitrogen and oxygen atoms in total. The van der Waals surface area contributed by atoms with E-state index in [4.69, 9.17) is 9.47 Å². The average Bonchev–Trinajstić information content (AvgIpc) is 3.29. The third kappa shape index (κ3) is 3.86. The highest BCUT2D eigenvalue weighted by molar-refractivity contribution is 5.96. The van der Waals surface area contributed by atoms with Crippen LogP contribution in [0.3, 0.4) is 0 Å². The zero-order valence-corrected chi connectivity index (χ0v) is 17.4. The van der Waals surface area contributed by atoms with Crippen LogP contribution in [0.1, 0.15) is 28.8 Å². The van der Waals surface area contributed by atoms with Crippen molar-refractivity contribution in [2.45, 2.75) is 18.9 Å². The fraction of sp³-hybridized carbons (Fsp3) is 0.192. The zero-order valence-electron chi connectivity index (χ0n) is 17.4. The molecule has 0 saturated carbocycles. The molecule has 5 rings (SSSR count). The second kappa shape index (κ2) is 8.66. The average molecular weight is 423 g/mol. The van der Waals surface area contributed by atoms with Gasteiger partial charge in [-0.1, -0.05) is 30.3 Å². The lowest BCUT2D eigenvalue weighted by Gasteiger charge is -2.23. The van der Waals surface area contributed by atoms with Crippen molar-refractivity contribution in [3.63, 3.8) is 0 Å². The second-order valence-electron chi connectivity index (χ2n) is 7.80. The Morgan fingerprint density at radius 2 is 1.84 bits per heavy atom. The van der Waals surface area contributed by atoms with Crippen molar-refractivity contribution in [3.8, 4) is 34.2 Å². The maximum absolute atomic E-state index is 10.9. The minimum Gasteiger partial charge on any atom is -0.489 e. The van der Waals surface area contributed by atoms with Crippen molar-refractivity contribution in [2.75, 3.05) is 13.2 Å². The zero-order chi connectivity index (χ0) is 21.9. The molecule has 0 spiro atoms. The minimum absolute atomic E-state index is 0.0761. The molecule has 1 N–H and O–H groups in total. The van der Waals surface area contributed by atoms with Crippen molar-refractivity contribution in [2.24, 2.45) is 0 Å². The molecule has 0 bridgehead atoms. The monoisotopic (exact) mass is 423 g/mol. The molecule has 4 aromatic rings. The Hall–Kier alpha value is -3.95. The lowest BCUT2D eigenvalue weighted by atomic mass is 10.0. The first-order valence-electron chi connectivity index (χ1n) is 10.6. The van der Waals surface area contributed by atoms with Gasteiger partial charge in [0.15, 0.2) is 0 Å². The molecule has 0 unspecified atom stereocenters. The standard InChI is InChI=1S/C26H21N3O3/c27-15-20-13-19(5-6-25(20)32-21-8-11-31-12-9-21)22-7-10-28-26-23(22)14-24(29-26)18-3-1-17(16-30)2-4-18/h1-7,10,13-14,16,21H,8-9,11-12H2,(H,28,29). The first-order valence-corrected chi connectivity index (χ1v) is 10.6. The van der Waals surface area contributed by atoms with Gasteiger partial charge in [-0.25, -0.2) is 4.98 Å². The van der Waals surface area contributed by atoms with E-state index in [0.29, 0.717) is 30.1 Å². The molecule has 32 heavy (non-hydrogen) atoms. The number of aromatic amines is 1. The SMILES string of the molecule is N#Cc1cc(-c2ccnc3[nH]c(-c4ccc(C=O)cc4)cc23)ccc1OC1CCOCC1. The second-order valence-corrected chi connectivity index (χ2v) is 7.80. The fourth-order valence-electron chi connectivity index (χ4n) is 4.04. The van der Waals surface area contributed by atoms with Crippen LogP contribution in [-0.4, -0.2) is 35.6 Å². The van der Waals surface area contributed by atoms with Gasteiger partial charge >= 0.3 is 0 Å². The van der Waals surface area contributed by atoms with Crippen molar-refractivity contribution in [1.82, 2.24) is 9.97 Å². The van der Waals surface area contributed by atoms with Crippen LogP contribution < -0.4 is 4.74 Å². The van der Waals surface area contributed by atoms with Crippen LogP contribution >= 0.6 is 0 Å². The molecule has 0 radical (unpaired) electrons. The molecule has 1 aliphatic heterocycles. The van der Waals surface area contributed by atoms with E-state index in [1.807, 2.05) is 42.5 Å². The number of nitriles is 1. The summed E-state index contributed by atoms with van der Waals surface area (Å²) >= 11 is 0. The van der Waals surface area contributed by atoms with Crippen LogP contribution in [0.4, 0.5) is 0 Å². The molecule has 1 fully saturated rings. The molecule has 158 valence electrons. The summed E-state index contributed by atoms with van der Waals surface area (Å²) in [6, 6.07) is 19.4. The van der Waals surface area contributed by atoms with Gasteiger partial charge in [0, 0.05) is 35.7 Å². The van der Waals surface area contributed by atoms with E-state index >= 15 is 0 Å². The van der Waals surface area contributed by atoms with E-state index in [1.165, 1.54) is 0 Å². The van der Waals surface area contributed by atoms with Gasteiger partial charge in [0.1, 0.15) is 29.9 Å². The highest BCUT2D eigenvalue weighted by Crippen LogP contribution is 2.34. The van der Waals surface area contributed by atoms with E-state index < -0.39 is 0 Å². The molecular weight excluding hydrogens is 402 g/mol. The Balaban J connectivity index is 1.50. The van der Waals surface area contributed by atoms with Crippen LogP contribution in [0.5, 0.6) is 5.75 Å². The summed E-state index contributed by atoms with van der Waals surface area (Å²) < 4.78 is 11.5. The maximum atomic E-state index is 10.9. The predicted molar refractivity (Wildman–Crippen MR) is 122 cm³/mol. The number of aromatic nitrogens is 2. The Labute approximate surface area is 185 Å². The van der Waals surface area contributed by atoms with Crippen molar-refractivity contribution >= 4 is 17.3 Å². The molecule has 0 atom stereocenters. The third-order valence-corrected chi connectivity index (χ3v) is 5.76. The number of carbonyl (C=O) groups excluding carboxylic acids is 1. The summed E-state index contributed by atoms with van der Waals surface area (Å²) in [7, 11) is 0. The number of pyridine rings is 1. The van der Waals surface area contributed by atoms with Crippen molar-refractivity contribution in [1.29, 1.82) is 5.26 Å². The Bertz CT molecular complexity index is 1310. The number of rotatable bonds is 5. The topological polar surface area (TPSA) is 88.0 Å². The maximum Gasteiger partial charge on any atom is 0.150 e. The molecule has 0 amide bonds. The van der Waals surface area contributed by atoms with Crippen molar-refractivity contribution in [3.05, 3.63) is 71.9 Å². The van der Waals surface area contributed by atoms with Gasteiger partial charge in [0.25, 0.3) is 0 Å². The number of aldehydes is 1. The van der Waals surface area contributed by atoms with E-state index in [9.17, 15) is 10.1 Å². The highest BCUT2D eigenvalue weighted by atomic mass is 16.5. The Morgan fingerprint density at radius 3 is 2.59 bits per heavy atom. The molecule has 0 aliphatic carbocycles. The van der Waals surface area contributed by atoms with Crippen LogP contribution in [0, 0.1) is 11.3 Å². The smallest absolute Gasteiger partial charge is 0.150 e. The van der Waals surface area contributed by atoms with Gasteiger partial charge in [-0.2, -0.15) is 5.26 Å². The first-order chi connectivity index (χ1) is 15.7. The van der Waals surface area contributed by atoms with E-state index in [0.717, 1.165) is 52.5 Å². The van der Waals surface area contributed by atoms with E-state index in [1.54, 1.807) is 18.3 Å². The number of nitrogens with zero attached hydrogens (tertiary/aromatic N) is 2. The van der Waals surface area contributed by atoms with Crippen molar-refractivity contribution < 1.29 is 14.3 Å². The number of ether oxygens (including phenoxy) is 2. The van der Waals surface area contributed by atoms with Crippen LogP contribution in [0.2, 0.25) is 0 Å². The molecule has 2 aromatic carbocycles. The van der Waals surface area contributed by atoms with Gasteiger partial charge in [-0.05, 0) is 41.0 Å². The largest absolute Gasteiger partial charge is 0.489 e. The summed E-state index contributed by atoms with van der Waals surface area (Å²) in [5.41, 5.74) is 5.70. The quantitative estimate of drug-likeness (QED) is 0.449. The number of H-pyrrole nitrogens is 1. The van der Waals surface area contributed by atoms with Crippen LogP contribution in [-0.2, 0) is 4.74 Å². The third-order valence-electron chi connectivity index (χ3n) is 5.76. The summed E-state index contributed by atoms with van der Waals surface area (Å²) in [6.45, 7) is 1.38. The Kier molecular flexibility index (Phi) is 5.40. The lowest BCUT2D eigenvalue weighted by Crippen LogP contribution is -2.26. The molecule has 2 aromatic heterocycles.